The molecule has 0 radical (unpaired) electrons. The number of amides is 2. The molecule has 0 bridgehead atoms. The lowest BCUT2D eigenvalue weighted by molar-refractivity contribution is -0.274. The van der Waals surface area contributed by atoms with E-state index in [-0.39, 0.29) is 17.1 Å². The highest BCUT2D eigenvalue weighted by Gasteiger charge is 2.31. The van der Waals surface area contributed by atoms with Crippen LogP contribution in [0.2, 0.25) is 0 Å². The smallest absolute Gasteiger partial charge is 0.406 e. The minimum Gasteiger partial charge on any atom is -0.406 e. The highest BCUT2D eigenvalue weighted by atomic mass is 32.1. The third kappa shape index (κ3) is 7.02. The van der Waals surface area contributed by atoms with E-state index in [1.54, 1.807) is 16.1 Å². The zero-order valence-corrected chi connectivity index (χ0v) is 24.3. The third-order valence-corrected chi connectivity index (χ3v) is 7.25. The number of nitrogens with one attached hydrogen (secondary N) is 1. The van der Waals surface area contributed by atoms with E-state index in [1.165, 1.54) is 58.7 Å². The maximum Gasteiger partial charge on any atom is 0.573 e. The Balaban J connectivity index is 1.24. The molecular formula is C30H25F5N6O2S. The number of hydrogen-bond donors (Lipinski definition) is 1. The van der Waals surface area contributed by atoms with Gasteiger partial charge in [-0.15, -0.1) is 29.6 Å². The van der Waals surface area contributed by atoms with Crippen LogP contribution in [-0.2, 0) is 0 Å². The Morgan fingerprint density at radius 1 is 1.00 bits per heavy atom. The lowest BCUT2D eigenvalue weighted by Crippen LogP contribution is -2.34. The average Bonchev–Trinajstić information content (AvgIpc) is 3.62. The summed E-state index contributed by atoms with van der Waals surface area (Å²) < 4.78 is 73.9. The Hall–Kier alpha value is -4.85. The number of urea groups is 1. The van der Waals surface area contributed by atoms with E-state index in [1.807, 2.05) is 38.2 Å². The summed E-state index contributed by atoms with van der Waals surface area (Å²) in [6, 6.07) is 13.7. The van der Waals surface area contributed by atoms with Crippen molar-refractivity contribution in [2.24, 2.45) is 4.99 Å². The molecule has 0 aliphatic carbocycles. The molecule has 1 N–H and O–H groups in total. The molecule has 2 atom stereocenters. The summed E-state index contributed by atoms with van der Waals surface area (Å²) in [6.07, 6.45) is -6.23. The van der Waals surface area contributed by atoms with Gasteiger partial charge < -0.3 is 10.1 Å². The number of carbonyl (C=O) groups excluding carboxylic acids is 1. The molecule has 0 aliphatic rings. The van der Waals surface area contributed by atoms with Crippen LogP contribution in [0, 0.1) is 20.8 Å². The average molecular weight is 629 g/mol. The molecule has 228 valence electrons. The predicted octanol–water partition coefficient (Wildman–Crippen LogP) is 7.23. The summed E-state index contributed by atoms with van der Waals surface area (Å²) in [4.78, 5) is 21.0. The molecule has 2 amide bonds. The summed E-state index contributed by atoms with van der Waals surface area (Å²) in [5.41, 5.74) is 4.79. The highest BCUT2D eigenvalue weighted by Crippen LogP contribution is 2.27. The second kappa shape index (κ2) is 12.4. The van der Waals surface area contributed by atoms with Crippen molar-refractivity contribution in [1.29, 1.82) is 0 Å². The van der Waals surface area contributed by atoms with Gasteiger partial charge in [-0.1, -0.05) is 42.0 Å². The van der Waals surface area contributed by atoms with Gasteiger partial charge in [0.1, 0.15) is 12.1 Å². The van der Waals surface area contributed by atoms with Crippen LogP contribution in [0.5, 0.6) is 5.75 Å². The molecular weight excluding hydrogens is 603 g/mol. The Labute approximate surface area is 252 Å². The minimum atomic E-state index is -4.80. The molecule has 2 aromatic heterocycles. The van der Waals surface area contributed by atoms with Crippen molar-refractivity contribution in [3.8, 4) is 28.5 Å². The second-order valence-corrected chi connectivity index (χ2v) is 10.7. The van der Waals surface area contributed by atoms with Gasteiger partial charge in [0.2, 0.25) is 6.30 Å². The summed E-state index contributed by atoms with van der Waals surface area (Å²) >= 11 is 1.19. The molecule has 0 aliphatic heterocycles. The predicted molar refractivity (Wildman–Crippen MR) is 154 cm³/mol. The largest absolute Gasteiger partial charge is 0.573 e. The molecule has 5 rings (SSSR count). The first-order valence-electron chi connectivity index (χ1n) is 13.1. The van der Waals surface area contributed by atoms with Gasteiger partial charge in [-0.3, -0.25) is 4.57 Å². The van der Waals surface area contributed by atoms with Crippen LogP contribution < -0.4 is 14.9 Å². The molecule has 2 heterocycles. The Morgan fingerprint density at radius 3 is 2.30 bits per heavy atom. The van der Waals surface area contributed by atoms with Crippen LogP contribution in [-0.4, -0.2) is 38.0 Å². The Kier molecular flexibility index (Phi) is 8.63. The molecule has 0 spiro atoms. The Bertz CT molecular complexity index is 1820. The van der Waals surface area contributed by atoms with Crippen LogP contribution in [0.15, 0.2) is 83.6 Å². The van der Waals surface area contributed by atoms with Crippen molar-refractivity contribution in [3.63, 3.8) is 0 Å². The first-order chi connectivity index (χ1) is 20.9. The SMILES string of the molecule is Cc1cc(C)c(-n2ccs/c2=N\C(=O)NC(F)C(F)c2ccc(-c3ncn(-c4ccc(OC(F)(F)F)cc4)n3)cc2)c(C)c1. The van der Waals surface area contributed by atoms with E-state index in [0.717, 1.165) is 34.5 Å². The van der Waals surface area contributed by atoms with Crippen LogP contribution in [0.25, 0.3) is 22.8 Å². The van der Waals surface area contributed by atoms with Crippen molar-refractivity contribution in [2.45, 2.75) is 39.6 Å². The van der Waals surface area contributed by atoms with E-state index in [0.29, 0.717) is 16.1 Å². The molecule has 3 aromatic carbocycles. The standard InChI is InChI=1S/C30H25F5N6O2S/c1-17-14-18(2)25(19(3)15-17)40-12-13-44-29(40)38-28(42)37-26(32)24(31)20-4-6-21(7-5-20)27-36-16-41(39-27)22-8-10-23(11-9-22)43-30(33,34)35/h4-16,24,26H,1-3H3,(H,37,42)/b38-29-. The number of benzene rings is 3. The van der Waals surface area contributed by atoms with Crippen molar-refractivity contribution in [3.05, 3.63) is 106 Å². The van der Waals surface area contributed by atoms with Crippen molar-refractivity contribution in [1.82, 2.24) is 24.6 Å². The molecule has 0 saturated carbocycles. The molecule has 8 nitrogen and oxygen atoms in total. The number of nitrogens with zero attached hydrogens (tertiary/aromatic N) is 5. The fourth-order valence-electron chi connectivity index (χ4n) is 4.69. The van der Waals surface area contributed by atoms with Gasteiger partial charge in [0.05, 0.1) is 11.4 Å². The lowest BCUT2D eigenvalue weighted by atomic mass is 10.1. The topological polar surface area (TPSA) is 86.3 Å². The van der Waals surface area contributed by atoms with E-state index in [4.69, 9.17) is 0 Å². The molecule has 0 fully saturated rings. The van der Waals surface area contributed by atoms with E-state index >= 15 is 4.39 Å². The fraction of sp³-hybridized carbons (Fsp3) is 0.200. The van der Waals surface area contributed by atoms with Crippen LogP contribution >= 0.6 is 11.3 Å². The number of carbonyl (C=O) groups is 1. The van der Waals surface area contributed by atoms with Gasteiger partial charge in [-0.25, -0.2) is 23.2 Å². The van der Waals surface area contributed by atoms with Crippen LogP contribution in [0.4, 0.5) is 26.7 Å². The molecule has 5 aromatic rings. The van der Waals surface area contributed by atoms with Gasteiger partial charge in [-0.05, 0) is 61.7 Å². The fourth-order valence-corrected chi connectivity index (χ4v) is 5.40. The van der Waals surface area contributed by atoms with Crippen molar-refractivity contribution >= 4 is 17.4 Å². The first-order valence-corrected chi connectivity index (χ1v) is 14.0. The number of alkyl halides is 5. The molecule has 2 unspecified atom stereocenters. The molecule has 0 saturated heterocycles. The van der Waals surface area contributed by atoms with Gasteiger partial charge in [0.15, 0.2) is 16.8 Å². The van der Waals surface area contributed by atoms with E-state index < -0.39 is 24.9 Å². The molecule has 44 heavy (non-hydrogen) atoms. The zero-order chi connectivity index (χ0) is 31.6. The van der Waals surface area contributed by atoms with Crippen LogP contribution in [0.1, 0.15) is 28.4 Å². The summed E-state index contributed by atoms with van der Waals surface area (Å²) in [5.74, 6) is -0.133. The number of hydrogen-bond acceptors (Lipinski definition) is 5. The van der Waals surface area contributed by atoms with Crippen molar-refractivity contribution in [2.75, 3.05) is 0 Å². The molecule has 14 heteroatoms. The van der Waals surface area contributed by atoms with E-state index in [9.17, 15) is 22.4 Å². The van der Waals surface area contributed by atoms with Gasteiger partial charge in [0.25, 0.3) is 0 Å². The normalized spacial score (nSPS) is 13.5. The number of aryl methyl sites for hydroxylation is 3. The number of rotatable bonds is 7. The van der Waals surface area contributed by atoms with Gasteiger partial charge in [-0.2, -0.15) is 4.99 Å². The Morgan fingerprint density at radius 2 is 1.66 bits per heavy atom. The zero-order valence-electron chi connectivity index (χ0n) is 23.5. The van der Waals surface area contributed by atoms with E-state index in [2.05, 4.69) is 19.8 Å². The van der Waals surface area contributed by atoms with Gasteiger partial charge in [0, 0.05) is 17.1 Å². The number of halogens is 5. The number of aromatic nitrogens is 4. The maximum atomic E-state index is 15.0. The highest BCUT2D eigenvalue weighted by molar-refractivity contribution is 7.07. The van der Waals surface area contributed by atoms with Gasteiger partial charge >= 0.3 is 12.4 Å². The van der Waals surface area contributed by atoms with Crippen molar-refractivity contribution < 1.29 is 31.5 Å². The second-order valence-electron chi connectivity index (χ2n) is 9.84. The number of thiazole rings is 1. The maximum absolute atomic E-state index is 15.0. The van der Waals surface area contributed by atoms with Crippen LogP contribution in [0.3, 0.4) is 0 Å². The third-order valence-electron chi connectivity index (χ3n) is 6.50. The minimum absolute atomic E-state index is 0.0293. The first kappa shape index (κ1) is 30.6. The number of ether oxygens (including phenoxy) is 1. The summed E-state index contributed by atoms with van der Waals surface area (Å²) in [6.45, 7) is 5.88. The quantitative estimate of drug-likeness (QED) is 0.152. The lowest BCUT2D eigenvalue weighted by Gasteiger charge is -2.15. The summed E-state index contributed by atoms with van der Waals surface area (Å²) in [5, 5.41) is 8.00. The summed E-state index contributed by atoms with van der Waals surface area (Å²) in [7, 11) is 0. The monoisotopic (exact) mass is 628 g/mol.